The van der Waals surface area contributed by atoms with Gasteiger partial charge < -0.3 is 14.8 Å². The van der Waals surface area contributed by atoms with E-state index in [0.717, 1.165) is 27.3 Å². The molecule has 0 radical (unpaired) electrons. The van der Waals surface area contributed by atoms with Gasteiger partial charge in [-0.3, -0.25) is 9.10 Å². The van der Waals surface area contributed by atoms with Crippen molar-refractivity contribution in [1.82, 2.24) is 5.32 Å². The Morgan fingerprint density at radius 1 is 1.10 bits per heavy atom. The number of amides is 1. The quantitative estimate of drug-likeness (QED) is 0.632. The Kier molecular flexibility index (Phi) is 7.95. The molecule has 0 aromatic heterocycles. The predicted octanol–water partition coefficient (Wildman–Crippen LogP) is 3.74. The fourth-order valence-corrected chi connectivity index (χ4v) is 4.83. The van der Waals surface area contributed by atoms with Crippen molar-refractivity contribution in [2.75, 3.05) is 24.8 Å². The molecule has 1 N–H and O–H groups in total. The number of anilines is 1. The Balaban J connectivity index is 2.42. The lowest BCUT2D eigenvalue weighted by Gasteiger charge is -2.31. The number of hydrogen-bond donors (Lipinski definition) is 1. The van der Waals surface area contributed by atoms with Gasteiger partial charge in [0.2, 0.25) is 15.9 Å². The molecule has 8 heteroatoms. The van der Waals surface area contributed by atoms with Crippen molar-refractivity contribution < 1.29 is 22.7 Å². The smallest absolute Gasteiger partial charge is 0.244 e. The fourth-order valence-electron chi connectivity index (χ4n) is 3.66. The van der Waals surface area contributed by atoms with Crippen molar-refractivity contribution in [3.8, 4) is 11.5 Å². The monoisotopic (exact) mass is 448 g/mol. The first-order valence-corrected chi connectivity index (χ1v) is 12.0. The summed E-state index contributed by atoms with van der Waals surface area (Å²) < 4.78 is 37.1. The molecule has 0 aliphatic rings. The summed E-state index contributed by atoms with van der Waals surface area (Å²) in [6, 6.07) is 9.67. The van der Waals surface area contributed by atoms with Crippen LogP contribution in [-0.4, -0.2) is 40.8 Å². The third-order valence-electron chi connectivity index (χ3n) is 5.24. The van der Waals surface area contributed by atoms with Gasteiger partial charge in [0.25, 0.3) is 0 Å². The summed E-state index contributed by atoms with van der Waals surface area (Å²) in [4.78, 5) is 13.2. The molecule has 170 valence electrons. The van der Waals surface area contributed by atoms with E-state index in [1.807, 2.05) is 32.9 Å². The fraction of sp³-hybridized carbons (Fsp3) is 0.435. The molecule has 2 atom stereocenters. The third kappa shape index (κ3) is 5.70. The summed E-state index contributed by atoms with van der Waals surface area (Å²) in [6.45, 7) is 7.56. The average molecular weight is 449 g/mol. The molecule has 0 bridgehead atoms. The number of methoxy groups -OCH3 is 2. The van der Waals surface area contributed by atoms with Crippen molar-refractivity contribution in [2.24, 2.45) is 0 Å². The lowest BCUT2D eigenvalue weighted by Crippen LogP contribution is -2.48. The van der Waals surface area contributed by atoms with Crippen LogP contribution in [0, 0.1) is 13.8 Å². The van der Waals surface area contributed by atoms with Gasteiger partial charge in [0.1, 0.15) is 17.5 Å². The van der Waals surface area contributed by atoms with Crippen LogP contribution in [0.3, 0.4) is 0 Å². The highest BCUT2D eigenvalue weighted by atomic mass is 32.2. The van der Waals surface area contributed by atoms with Gasteiger partial charge in [0, 0.05) is 6.07 Å². The molecule has 0 saturated heterocycles. The van der Waals surface area contributed by atoms with Crippen LogP contribution in [0.1, 0.15) is 43.0 Å². The van der Waals surface area contributed by atoms with Gasteiger partial charge in [-0.05, 0) is 50.5 Å². The standard InChI is InChI=1S/C23H32N2O5S/c1-8-20(19-11-9-15(2)13-16(19)3)24-23(26)17(4)25(31(7,27)28)21-14-18(29-5)10-12-22(21)30-6/h9-14,17,20H,8H2,1-7H3,(H,24,26)/t17-,20-/m0/s1. The molecule has 0 unspecified atom stereocenters. The van der Waals surface area contributed by atoms with Crippen LogP contribution < -0.4 is 19.1 Å². The number of benzene rings is 2. The van der Waals surface area contributed by atoms with Gasteiger partial charge in [0.05, 0.1) is 32.2 Å². The van der Waals surface area contributed by atoms with E-state index in [9.17, 15) is 13.2 Å². The van der Waals surface area contributed by atoms with Crippen LogP contribution in [0.15, 0.2) is 36.4 Å². The van der Waals surface area contributed by atoms with Gasteiger partial charge in [0.15, 0.2) is 0 Å². The highest BCUT2D eigenvalue weighted by Gasteiger charge is 2.32. The molecular formula is C23H32N2O5S. The van der Waals surface area contributed by atoms with Crippen molar-refractivity contribution in [1.29, 1.82) is 0 Å². The van der Waals surface area contributed by atoms with Crippen LogP contribution in [0.4, 0.5) is 5.69 Å². The summed E-state index contributed by atoms with van der Waals surface area (Å²) >= 11 is 0. The second-order valence-corrected chi connectivity index (χ2v) is 9.46. The zero-order valence-corrected chi connectivity index (χ0v) is 20.0. The van der Waals surface area contributed by atoms with E-state index in [1.54, 1.807) is 25.1 Å². The average Bonchev–Trinajstić information content (AvgIpc) is 2.71. The summed E-state index contributed by atoms with van der Waals surface area (Å²) in [5.74, 6) is 0.383. The van der Waals surface area contributed by atoms with E-state index in [-0.39, 0.29) is 11.7 Å². The summed E-state index contributed by atoms with van der Waals surface area (Å²) in [5.41, 5.74) is 3.48. The van der Waals surface area contributed by atoms with E-state index >= 15 is 0 Å². The lowest BCUT2D eigenvalue weighted by atomic mass is 9.97. The second kappa shape index (κ2) is 10.0. The first-order chi connectivity index (χ1) is 14.5. The molecule has 7 nitrogen and oxygen atoms in total. The number of carbonyl (C=O) groups excluding carboxylic acids is 1. The molecule has 0 spiro atoms. The topological polar surface area (TPSA) is 84.9 Å². The minimum absolute atomic E-state index is 0.232. The molecular weight excluding hydrogens is 416 g/mol. The molecule has 0 aliphatic carbocycles. The number of aryl methyl sites for hydroxylation is 2. The maximum Gasteiger partial charge on any atom is 0.244 e. The minimum atomic E-state index is -3.80. The van der Waals surface area contributed by atoms with E-state index in [2.05, 4.69) is 11.4 Å². The molecule has 2 rings (SSSR count). The summed E-state index contributed by atoms with van der Waals surface area (Å²) in [6.07, 6.45) is 1.74. The lowest BCUT2D eigenvalue weighted by molar-refractivity contribution is -0.122. The van der Waals surface area contributed by atoms with E-state index < -0.39 is 22.0 Å². The normalized spacial score (nSPS) is 13.3. The molecule has 0 saturated carbocycles. The number of nitrogens with one attached hydrogen (secondary N) is 1. The number of sulfonamides is 1. The van der Waals surface area contributed by atoms with Crippen molar-refractivity contribution in [3.05, 3.63) is 53.1 Å². The second-order valence-electron chi connectivity index (χ2n) is 7.60. The number of rotatable bonds is 9. The van der Waals surface area contributed by atoms with E-state index in [4.69, 9.17) is 9.47 Å². The minimum Gasteiger partial charge on any atom is -0.497 e. The summed E-state index contributed by atoms with van der Waals surface area (Å²) in [7, 11) is -0.867. The molecule has 2 aromatic carbocycles. The van der Waals surface area contributed by atoms with Crippen molar-refractivity contribution in [2.45, 2.75) is 46.2 Å². The van der Waals surface area contributed by atoms with Crippen LogP contribution >= 0.6 is 0 Å². The van der Waals surface area contributed by atoms with E-state index in [1.165, 1.54) is 14.2 Å². The first kappa shape index (κ1) is 24.5. The van der Waals surface area contributed by atoms with Crippen LogP contribution in [0.5, 0.6) is 11.5 Å². The maximum absolute atomic E-state index is 13.2. The SMILES string of the molecule is CC[C@H](NC(=O)[C@H](C)N(c1cc(OC)ccc1OC)S(C)(=O)=O)c1ccc(C)cc1C. The van der Waals surface area contributed by atoms with Crippen LogP contribution in [0.25, 0.3) is 0 Å². The Hall–Kier alpha value is -2.74. The van der Waals surface area contributed by atoms with Gasteiger partial charge in [-0.2, -0.15) is 0 Å². The number of hydrogen-bond acceptors (Lipinski definition) is 5. The Bertz CT molecular complexity index is 1040. The largest absolute Gasteiger partial charge is 0.497 e. The molecule has 1 amide bonds. The van der Waals surface area contributed by atoms with Crippen LogP contribution in [-0.2, 0) is 14.8 Å². The van der Waals surface area contributed by atoms with E-state index in [0.29, 0.717) is 17.9 Å². The highest BCUT2D eigenvalue weighted by molar-refractivity contribution is 7.92. The number of carbonyl (C=O) groups is 1. The van der Waals surface area contributed by atoms with Gasteiger partial charge in [-0.15, -0.1) is 0 Å². The molecule has 0 heterocycles. The number of nitrogens with zero attached hydrogens (tertiary/aromatic N) is 1. The van der Waals surface area contributed by atoms with Gasteiger partial charge in [-0.25, -0.2) is 8.42 Å². The molecule has 0 fully saturated rings. The Morgan fingerprint density at radius 3 is 2.29 bits per heavy atom. The molecule has 31 heavy (non-hydrogen) atoms. The molecule has 0 aliphatic heterocycles. The maximum atomic E-state index is 13.2. The Morgan fingerprint density at radius 2 is 1.77 bits per heavy atom. The van der Waals surface area contributed by atoms with Gasteiger partial charge >= 0.3 is 0 Å². The third-order valence-corrected chi connectivity index (χ3v) is 6.46. The summed E-state index contributed by atoms with van der Waals surface area (Å²) in [5, 5.41) is 3.01. The van der Waals surface area contributed by atoms with Crippen molar-refractivity contribution in [3.63, 3.8) is 0 Å². The zero-order valence-electron chi connectivity index (χ0n) is 19.2. The zero-order chi connectivity index (χ0) is 23.3. The molecule has 2 aromatic rings. The highest BCUT2D eigenvalue weighted by Crippen LogP contribution is 2.35. The van der Waals surface area contributed by atoms with Crippen molar-refractivity contribution >= 4 is 21.6 Å². The first-order valence-electron chi connectivity index (χ1n) is 10.1. The van der Waals surface area contributed by atoms with Crippen LogP contribution in [0.2, 0.25) is 0 Å². The number of ether oxygens (including phenoxy) is 2. The van der Waals surface area contributed by atoms with Gasteiger partial charge in [-0.1, -0.05) is 30.7 Å². The Labute approximate surface area is 185 Å². The predicted molar refractivity (Wildman–Crippen MR) is 123 cm³/mol.